The van der Waals surface area contributed by atoms with Gasteiger partial charge in [-0.25, -0.2) is 4.98 Å². The average molecular weight is 270 g/mol. The molecule has 2 aromatic carbocycles. The van der Waals surface area contributed by atoms with Gasteiger partial charge in [0.2, 0.25) is 0 Å². The molecule has 0 fully saturated rings. The zero-order chi connectivity index (χ0) is 13.4. The summed E-state index contributed by atoms with van der Waals surface area (Å²) in [5.41, 5.74) is 8.70. The third-order valence-electron chi connectivity index (χ3n) is 2.94. The van der Waals surface area contributed by atoms with Gasteiger partial charge in [-0.15, -0.1) is 11.3 Å². The molecule has 0 saturated heterocycles. The van der Waals surface area contributed by atoms with Crippen molar-refractivity contribution in [2.24, 2.45) is 0 Å². The molecule has 19 heavy (non-hydrogen) atoms. The van der Waals surface area contributed by atoms with Gasteiger partial charge in [-0.1, -0.05) is 18.2 Å². The number of aryl methyl sites for hydroxylation is 2. The van der Waals surface area contributed by atoms with Gasteiger partial charge in [0, 0.05) is 6.07 Å². The maximum absolute atomic E-state index is 6.05. The molecule has 1 aromatic heterocycles. The highest BCUT2D eigenvalue weighted by molar-refractivity contribution is 7.18. The van der Waals surface area contributed by atoms with Crippen LogP contribution >= 0.6 is 11.3 Å². The molecule has 3 aromatic rings. The fraction of sp³-hybridized carbons (Fsp3) is 0.133. The van der Waals surface area contributed by atoms with Crippen LogP contribution in [-0.4, -0.2) is 4.98 Å². The van der Waals surface area contributed by atoms with Crippen LogP contribution in [0.5, 0.6) is 11.5 Å². The molecular weight excluding hydrogens is 256 g/mol. The van der Waals surface area contributed by atoms with Crippen molar-refractivity contribution < 1.29 is 4.74 Å². The topological polar surface area (TPSA) is 48.1 Å². The summed E-state index contributed by atoms with van der Waals surface area (Å²) in [6, 6.07) is 11.7. The lowest BCUT2D eigenvalue weighted by molar-refractivity contribution is 0.482. The molecule has 2 N–H and O–H groups in total. The van der Waals surface area contributed by atoms with Crippen LogP contribution in [0, 0.1) is 13.8 Å². The van der Waals surface area contributed by atoms with Crippen LogP contribution in [0.3, 0.4) is 0 Å². The molecule has 0 radical (unpaired) electrons. The lowest BCUT2D eigenvalue weighted by Gasteiger charge is -2.10. The summed E-state index contributed by atoms with van der Waals surface area (Å²) >= 11 is 1.64. The number of hydrogen-bond donors (Lipinski definition) is 1. The molecule has 0 aliphatic heterocycles. The van der Waals surface area contributed by atoms with Crippen molar-refractivity contribution in [1.29, 1.82) is 0 Å². The first-order chi connectivity index (χ1) is 9.13. The second-order valence-electron chi connectivity index (χ2n) is 4.46. The molecule has 0 aliphatic rings. The smallest absolute Gasteiger partial charge is 0.152 e. The van der Waals surface area contributed by atoms with E-state index in [1.54, 1.807) is 11.3 Å². The van der Waals surface area contributed by atoms with Crippen molar-refractivity contribution in [2.45, 2.75) is 13.8 Å². The number of fused-ring (bicyclic) bond motifs is 1. The van der Waals surface area contributed by atoms with Crippen molar-refractivity contribution in [3.8, 4) is 11.5 Å². The normalized spacial score (nSPS) is 10.8. The highest BCUT2D eigenvalue weighted by atomic mass is 32.1. The van der Waals surface area contributed by atoms with E-state index in [-0.39, 0.29) is 0 Å². The van der Waals surface area contributed by atoms with Gasteiger partial charge in [-0.3, -0.25) is 0 Å². The number of para-hydroxylation sites is 1. The molecule has 3 rings (SSSR count). The fourth-order valence-corrected chi connectivity index (χ4v) is 2.82. The number of anilines is 1. The number of hydrogen-bond acceptors (Lipinski definition) is 4. The van der Waals surface area contributed by atoms with Crippen molar-refractivity contribution in [1.82, 2.24) is 4.98 Å². The van der Waals surface area contributed by atoms with E-state index in [0.29, 0.717) is 11.4 Å². The maximum atomic E-state index is 6.05. The largest absolute Gasteiger partial charge is 0.455 e. The summed E-state index contributed by atoms with van der Waals surface area (Å²) in [5, 5.41) is 1.03. The van der Waals surface area contributed by atoms with Crippen LogP contribution in [-0.2, 0) is 0 Å². The summed E-state index contributed by atoms with van der Waals surface area (Å²) in [5.74, 6) is 1.48. The van der Waals surface area contributed by atoms with Crippen LogP contribution in [0.15, 0.2) is 36.4 Å². The number of rotatable bonds is 2. The SMILES string of the molecule is Cc1nc2cc(Oc3ccccc3C)c(N)cc2s1. The summed E-state index contributed by atoms with van der Waals surface area (Å²) in [4.78, 5) is 4.46. The molecule has 0 spiro atoms. The van der Waals surface area contributed by atoms with Crippen LogP contribution in [0.2, 0.25) is 0 Å². The van der Waals surface area contributed by atoms with Gasteiger partial charge >= 0.3 is 0 Å². The van der Waals surface area contributed by atoms with Crippen molar-refractivity contribution in [2.75, 3.05) is 5.73 Å². The third-order valence-corrected chi connectivity index (χ3v) is 3.87. The van der Waals surface area contributed by atoms with E-state index in [1.165, 1.54) is 0 Å². The quantitative estimate of drug-likeness (QED) is 0.707. The minimum atomic E-state index is 0.638. The average Bonchev–Trinajstić information content (AvgIpc) is 2.71. The predicted molar refractivity (Wildman–Crippen MR) is 80.0 cm³/mol. The van der Waals surface area contributed by atoms with E-state index in [4.69, 9.17) is 10.5 Å². The molecule has 0 saturated carbocycles. The van der Waals surface area contributed by atoms with Gasteiger partial charge in [0.15, 0.2) is 5.75 Å². The number of nitrogens with two attached hydrogens (primary N) is 1. The predicted octanol–water partition coefficient (Wildman–Crippen LogP) is 4.29. The molecule has 0 amide bonds. The Balaban J connectivity index is 2.05. The summed E-state index contributed by atoms with van der Waals surface area (Å²) in [6.07, 6.45) is 0. The van der Waals surface area contributed by atoms with Crippen molar-refractivity contribution >= 4 is 27.2 Å². The van der Waals surface area contributed by atoms with Gasteiger partial charge < -0.3 is 10.5 Å². The minimum absolute atomic E-state index is 0.638. The molecule has 0 bridgehead atoms. The molecule has 96 valence electrons. The molecule has 0 aliphatic carbocycles. The van der Waals surface area contributed by atoms with Crippen LogP contribution in [0.4, 0.5) is 5.69 Å². The number of ether oxygens (including phenoxy) is 1. The highest BCUT2D eigenvalue weighted by Gasteiger charge is 2.09. The van der Waals surface area contributed by atoms with Crippen LogP contribution in [0.25, 0.3) is 10.2 Å². The summed E-state index contributed by atoms with van der Waals surface area (Å²) in [6.45, 7) is 4.00. The monoisotopic (exact) mass is 270 g/mol. The van der Waals surface area contributed by atoms with E-state index >= 15 is 0 Å². The Morgan fingerprint density at radius 1 is 1.11 bits per heavy atom. The number of thiazole rings is 1. The van der Waals surface area contributed by atoms with E-state index in [2.05, 4.69) is 4.98 Å². The zero-order valence-corrected chi connectivity index (χ0v) is 11.6. The van der Waals surface area contributed by atoms with E-state index in [1.807, 2.05) is 50.2 Å². The second-order valence-corrected chi connectivity index (χ2v) is 5.69. The summed E-state index contributed by atoms with van der Waals surface area (Å²) < 4.78 is 6.99. The lowest BCUT2D eigenvalue weighted by atomic mass is 10.2. The first-order valence-electron chi connectivity index (χ1n) is 6.03. The Bertz CT molecular complexity index is 749. The fourth-order valence-electron chi connectivity index (χ4n) is 1.96. The number of benzene rings is 2. The van der Waals surface area contributed by atoms with Crippen molar-refractivity contribution in [3.63, 3.8) is 0 Å². The lowest BCUT2D eigenvalue weighted by Crippen LogP contribution is -1.93. The Morgan fingerprint density at radius 2 is 1.89 bits per heavy atom. The van der Waals surface area contributed by atoms with Crippen molar-refractivity contribution in [3.05, 3.63) is 47.0 Å². The number of nitrogen functional groups attached to an aromatic ring is 1. The molecule has 1 heterocycles. The Hall–Kier alpha value is -2.07. The maximum Gasteiger partial charge on any atom is 0.152 e. The number of nitrogens with zero attached hydrogens (tertiary/aromatic N) is 1. The Kier molecular flexibility index (Phi) is 2.87. The van der Waals surface area contributed by atoms with Gasteiger partial charge in [0.1, 0.15) is 5.75 Å². The van der Waals surface area contributed by atoms with Crippen LogP contribution in [0.1, 0.15) is 10.6 Å². The van der Waals surface area contributed by atoms with Gasteiger partial charge in [0.25, 0.3) is 0 Å². The molecule has 0 unspecified atom stereocenters. The van der Waals surface area contributed by atoms with Crippen LogP contribution < -0.4 is 10.5 Å². The van der Waals surface area contributed by atoms with Gasteiger partial charge in [0.05, 0.1) is 20.9 Å². The Morgan fingerprint density at radius 3 is 2.68 bits per heavy atom. The molecule has 0 atom stereocenters. The molecular formula is C15H14N2OS. The summed E-state index contributed by atoms with van der Waals surface area (Å²) in [7, 11) is 0. The first-order valence-corrected chi connectivity index (χ1v) is 6.85. The van der Waals surface area contributed by atoms with E-state index in [0.717, 1.165) is 26.5 Å². The van der Waals surface area contributed by atoms with E-state index < -0.39 is 0 Å². The molecule has 3 nitrogen and oxygen atoms in total. The highest BCUT2D eigenvalue weighted by Crippen LogP contribution is 2.34. The van der Waals surface area contributed by atoms with Gasteiger partial charge in [-0.2, -0.15) is 0 Å². The first kappa shape index (κ1) is 12.0. The number of aromatic nitrogens is 1. The zero-order valence-electron chi connectivity index (χ0n) is 10.8. The van der Waals surface area contributed by atoms with Gasteiger partial charge in [-0.05, 0) is 31.5 Å². The molecule has 4 heteroatoms. The second kappa shape index (κ2) is 4.55. The Labute approximate surface area is 115 Å². The third kappa shape index (κ3) is 2.27. The standard InChI is InChI=1S/C15H14N2OS/c1-9-5-3-4-6-13(9)18-14-8-12-15(7-11(14)16)19-10(2)17-12/h3-8H,16H2,1-2H3. The minimum Gasteiger partial charge on any atom is -0.455 e. The van der Waals surface area contributed by atoms with E-state index in [9.17, 15) is 0 Å².